The van der Waals surface area contributed by atoms with E-state index in [-0.39, 0.29) is 34.1 Å². The summed E-state index contributed by atoms with van der Waals surface area (Å²) in [5.41, 5.74) is 0.883. The van der Waals surface area contributed by atoms with Crippen LogP contribution in [0.5, 0.6) is 0 Å². The van der Waals surface area contributed by atoms with Gasteiger partial charge in [-0.05, 0) is 61.7 Å². The molecule has 0 radical (unpaired) electrons. The number of carbonyl (C=O) groups is 2. The number of nitrogens with zero attached hydrogens (tertiary/aromatic N) is 2. The number of benzene rings is 3. The van der Waals surface area contributed by atoms with Gasteiger partial charge in [0.25, 0.3) is 10.0 Å². The lowest BCUT2D eigenvalue weighted by Gasteiger charge is -2.32. The number of hydrogen-bond acceptors (Lipinski definition) is 4. The molecule has 1 aliphatic rings. The Morgan fingerprint density at radius 3 is 2.28 bits per heavy atom. The number of anilines is 1. The molecule has 0 bridgehead atoms. The number of carbonyl (C=O) groups excluding carboxylic acids is 2. The van der Waals surface area contributed by atoms with E-state index in [4.69, 9.17) is 23.2 Å². The van der Waals surface area contributed by atoms with Gasteiger partial charge in [-0.3, -0.25) is 13.9 Å². The van der Waals surface area contributed by atoms with Crippen LogP contribution in [-0.4, -0.2) is 43.8 Å². The molecule has 0 saturated heterocycles. The van der Waals surface area contributed by atoms with Gasteiger partial charge in [0.05, 0.1) is 15.6 Å². The number of sulfonamides is 1. The molecule has 0 unspecified atom stereocenters. The maximum Gasteiger partial charge on any atom is 0.264 e. The van der Waals surface area contributed by atoms with Crippen LogP contribution in [0.15, 0.2) is 83.8 Å². The predicted molar refractivity (Wildman–Crippen MR) is 154 cm³/mol. The van der Waals surface area contributed by atoms with Crippen molar-refractivity contribution in [2.45, 2.75) is 56.1 Å². The van der Waals surface area contributed by atoms with Crippen LogP contribution in [0.2, 0.25) is 10.0 Å². The van der Waals surface area contributed by atoms with Gasteiger partial charge < -0.3 is 10.2 Å². The normalized spacial score (nSPS) is 14.5. The Morgan fingerprint density at radius 2 is 1.62 bits per heavy atom. The Balaban J connectivity index is 1.69. The fourth-order valence-corrected chi connectivity index (χ4v) is 6.65. The van der Waals surface area contributed by atoms with Crippen molar-refractivity contribution in [1.29, 1.82) is 0 Å². The van der Waals surface area contributed by atoms with E-state index in [9.17, 15) is 18.0 Å². The summed E-state index contributed by atoms with van der Waals surface area (Å²) in [4.78, 5) is 28.6. The SMILES string of the molecule is C[C@H](C(=O)NC1CCCC1)N(Cc1cccc(Cl)c1)C(=O)CN(c1ccccc1Cl)S(=O)(=O)c1ccccc1. The number of para-hydroxylation sites is 1. The van der Waals surface area contributed by atoms with Crippen molar-refractivity contribution in [2.75, 3.05) is 10.8 Å². The molecule has 0 aliphatic heterocycles. The minimum absolute atomic E-state index is 0.0196. The number of rotatable bonds is 10. The van der Waals surface area contributed by atoms with E-state index in [0.29, 0.717) is 10.6 Å². The van der Waals surface area contributed by atoms with Crippen molar-refractivity contribution < 1.29 is 18.0 Å². The quantitative estimate of drug-likeness (QED) is 0.331. The second-order valence-corrected chi connectivity index (χ2v) is 12.3. The molecule has 1 saturated carbocycles. The highest BCUT2D eigenvalue weighted by Gasteiger charge is 2.34. The fourth-order valence-electron chi connectivity index (χ4n) is 4.69. The molecule has 0 heterocycles. The third-order valence-corrected chi connectivity index (χ3v) is 9.17. The third kappa shape index (κ3) is 7.12. The van der Waals surface area contributed by atoms with Gasteiger partial charge in [-0.2, -0.15) is 0 Å². The lowest BCUT2D eigenvalue weighted by Crippen LogP contribution is -2.52. The molecule has 2 amide bonds. The molecule has 1 aliphatic carbocycles. The summed E-state index contributed by atoms with van der Waals surface area (Å²) in [6, 6.07) is 20.5. The van der Waals surface area contributed by atoms with Gasteiger partial charge in [-0.1, -0.05) is 78.5 Å². The van der Waals surface area contributed by atoms with Gasteiger partial charge in [-0.15, -0.1) is 0 Å². The van der Waals surface area contributed by atoms with Crippen molar-refractivity contribution in [1.82, 2.24) is 10.2 Å². The highest BCUT2D eigenvalue weighted by Crippen LogP contribution is 2.31. The number of hydrogen-bond donors (Lipinski definition) is 1. The fraction of sp³-hybridized carbons (Fsp3) is 0.310. The van der Waals surface area contributed by atoms with Gasteiger partial charge >= 0.3 is 0 Å². The highest BCUT2D eigenvalue weighted by molar-refractivity contribution is 7.92. The van der Waals surface area contributed by atoms with Crippen LogP contribution in [0.3, 0.4) is 0 Å². The second kappa shape index (κ2) is 12.9. The molecule has 1 fully saturated rings. The highest BCUT2D eigenvalue weighted by atomic mass is 35.5. The van der Waals surface area contributed by atoms with Crippen molar-refractivity contribution in [3.8, 4) is 0 Å². The number of amides is 2. The summed E-state index contributed by atoms with van der Waals surface area (Å²) in [6.45, 7) is 1.17. The van der Waals surface area contributed by atoms with E-state index in [2.05, 4.69) is 5.32 Å². The Hall–Kier alpha value is -3.07. The topological polar surface area (TPSA) is 86.8 Å². The molecular formula is C29H31Cl2N3O4S. The first-order chi connectivity index (χ1) is 18.7. The molecule has 1 N–H and O–H groups in total. The summed E-state index contributed by atoms with van der Waals surface area (Å²) >= 11 is 12.6. The van der Waals surface area contributed by atoms with Crippen LogP contribution in [0, 0.1) is 0 Å². The first kappa shape index (κ1) is 28.9. The van der Waals surface area contributed by atoms with E-state index in [0.717, 1.165) is 30.0 Å². The first-order valence-electron chi connectivity index (χ1n) is 12.8. The van der Waals surface area contributed by atoms with Crippen LogP contribution in [0.1, 0.15) is 38.2 Å². The minimum atomic E-state index is -4.17. The van der Waals surface area contributed by atoms with Crippen LogP contribution in [-0.2, 0) is 26.2 Å². The molecule has 3 aromatic carbocycles. The van der Waals surface area contributed by atoms with E-state index in [1.807, 2.05) is 0 Å². The minimum Gasteiger partial charge on any atom is -0.352 e. The van der Waals surface area contributed by atoms with Crippen molar-refractivity contribution >= 4 is 50.7 Å². The van der Waals surface area contributed by atoms with E-state index in [1.165, 1.54) is 17.0 Å². The first-order valence-corrected chi connectivity index (χ1v) is 15.0. The zero-order valence-electron chi connectivity index (χ0n) is 21.6. The van der Waals surface area contributed by atoms with Gasteiger partial charge in [-0.25, -0.2) is 8.42 Å². The Bertz CT molecular complexity index is 1410. The molecule has 0 aromatic heterocycles. The van der Waals surface area contributed by atoms with Gasteiger partial charge in [0.15, 0.2) is 0 Å². The summed E-state index contributed by atoms with van der Waals surface area (Å²) in [6.07, 6.45) is 3.90. The van der Waals surface area contributed by atoms with Gasteiger partial charge in [0, 0.05) is 17.6 Å². The summed E-state index contributed by atoms with van der Waals surface area (Å²) in [5, 5.41) is 3.72. The Labute approximate surface area is 239 Å². The molecular weight excluding hydrogens is 557 g/mol. The van der Waals surface area contributed by atoms with E-state index >= 15 is 0 Å². The summed E-state index contributed by atoms with van der Waals surface area (Å²) in [7, 11) is -4.17. The zero-order valence-corrected chi connectivity index (χ0v) is 23.9. The molecule has 1 atom stereocenters. The van der Waals surface area contributed by atoms with Crippen molar-refractivity contribution in [3.05, 3.63) is 94.5 Å². The number of halogens is 2. The molecule has 206 valence electrons. The van der Waals surface area contributed by atoms with Gasteiger partial charge in [0.2, 0.25) is 11.8 Å². The smallest absolute Gasteiger partial charge is 0.264 e. The summed E-state index contributed by atoms with van der Waals surface area (Å²) < 4.78 is 28.6. The van der Waals surface area contributed by atoms with Crippen LogP contribution in [0.4, 0.5) is 5.69 Å². The number of nitrogens with one attached hydrogen (secondary N) is 1. The average Bonchev–Trinajstić information content (AvgIpc) is 3.44. The van der Waals surface area contributed by atoms with Crippen molar-refractivity contribution in [2.24, 2.45) is 0 Å². The lowest BCUT2D eigenvalue weighted by molar-refractivity contribution is -0.139. The predicted octanol–water partition coefficient (Wildman–Crippen LogP) is 5.66. The average molecular weight is 589 g/mol. The van der Waals surface area contributed by atoms with Gasteiger partial charge in [0.1, 0.15) is 12.6 Å². The van der Waals surface area contributed by atoms with E-state index < -0.39 is 28.5 Å². The largest absolute Gasteiger partial charge is 0.352 e. The molecule has 0 spiro atoms. The lowest BCUT2D eigenvalue weighted by atomic mass is 10.1. The zero-order chi connectivity index (χ0) is 28.0. The standard InChI is InChI=1S/C29H31Cl2N3O4S/c1-21(29(36)32-24-12-5-6-13-24)33(19-22-10-9-11-23(30)18-22)28(35)20-34(27-17-8-7-16-26(27)31)39(37,38)25-14-3-2-4-15-25/h2-4,7-11,14-18,21,24H,5-6,12-13,19-20H2,1H3,(H,32,36)/t21-/m1/s1. The van der Waals surface area contributed by atoms with Crippen LogP contribution < -0.4 is 9.62 Å². The van der Waals surface area contributed by atoms with E-state index in [1.54, 1.807) is 73.7 Å². The second-order valence-electron chi connectivity index (χ2n) is 9.59. The Morgan fingerprint density at radius 1 is 0.949 bits per heavy atom. The molecule has 39 heavy (non-hydrogen) atoms. The molecule has 4 rings (SSSR count). The van der Waals surface area contributed by atoms with Crippen LogP contribution >= 0.6 is 23.2 Å². The van der Waals surface area contributed by atoms with Crippen LogP contribution in [0.25, 0.3) is 0 Å². The molecule has 7 nitrogen and oxygen atoms in total. The summed E-state index contributed by atoms with van der Waals surface area (Å²) in [5.74, 6) is -0.837. The maximum absolute atomic E-state index is 14.0. The maximum atomic E-state index is 14.0. The molecule has 10 heteroatoms. The van der Waals surface area contributed by atoms with Crippen molar-refractivity contribution in [3.63, 3.8) is 0 Å². The monoisotopic (exact) mass is 587 g/mol. The molecule has 3 aromatic rings. The Kier molecular flexibility index (Phi) is 9.53. The third-order valence-electron chi connectivity index (χ3n) is 6.84.